The van der Waals surface area contributed by atoms with E-state index in [1.807, 2.05) is 36.1 Å². The summed E-state index contributed by atoms with van der Waals surface area (Å²) < 4.78 is 0. The number of carbonyl (C=O) groups excluding carboxylic acids is 2. The van der Waals surface area contributed by atoms with Gasteiger partial charge in [-0.15, -0.1) is 11.3 Å². The number of fused-ring (bicyclic) bond motifs is 1. The topological polar surface area (TPSA) is 49.4 Å². The van der Waals surface area contributed by atoms with Crippen molar-refractivity contribution in [3.63, 3.8) is 0 Å². The molecule has 4 rings (SSSR count). The zero-order valence-corrected chi connectivity index (χ0v) is 16.0. The summed E-state index contributed by atoms with van der Waals surface area (Å²) in [5, 5.41) is 3.78. The van der Waals surface area contributed by atoms with E-state index in [1.165, 1.54) is 10.4 Å². The monoisotopic (exact) mass is 368 g/mol. The normalized spacial score (nSPS) is 16.4. The molecular weight excluding hydrogens is 344 g/mol. The van der Waals surface area contributed by atoms with Crippen LogP contribution < -0.4 is 5.32 Å². The van der Waals surface area contributed by atoms with Crippen molar-refractivity contribution in [1.29, 1.82) is 0 Å². The Kier molecular flexibility index (Phi) is 4.81. The molecule has 0 atom stereocenters. The summed E-state index contributed by atoms with van der Waals surface area (Å²) in [7, 11) is 0. The quantitative estimate of drug-likeness (QED) is 0.872. The van der Waals surface area contributed by atoms with E-state index < -0.39 is 0 Å². The molecule has 26 heavy (non-hydrogen) atoms. The SMILES string of the molecule is Cc1cccc(C(=O)Nc2sc3c(c2C(=O)N2CCCC2)CCCC3)c1. The molecule has 1 aromatic carbocycles. The van der Waals surface area contributed by atoms with Gasteiger partial charge in [-0.1, -0.05) is 17.7 Å². The second-order valence-electron chi connectivity index (χ2n) is 7.24. The first kappa shape index (κ1) is 17.3. The van der Waals surface area contributed by atoms with Gasteiger partial charge in [0.25, 0.3) is 11.8 Å². The van der Waals surface area contributed by atoms with E-state index >= 15 is 0 Å². The van der Waals surface area contributed by atoms with Crippen molar-refractivity contribution in [3.8, 4) is 0 Å². The fraction of sp³-hybridized carbons (Fsp3) is 0.429. The summed E-state index contributed by atoms with van der Waals surface area (Å²) >= 11 is 1.60. The maximum atomic E-state index is 13.2. The predicted molar refractivity (Wildman–Crippen MR) is 105 cm³/mol. The Hall–Kier alpha value is -2.14. The van der Waals surface area contributed by atoms with E-state index in [1.54, 1.807) is 11.3 Å². The minimum Gasteiger partial charge on any atom is -0.339 e. The first-order chi connectivity index (χ1) is 12.6. The van der Waals surface area contributed by atoms with E-state index in [9.17, 15) is 9.59 Å². The molecule has 2 aromatic rings. The Morgan fingerprint density at radius 2 is 1.85 bits per heavy atom. The maximum Gasteiger partial charge on any atom is 0.257 e. The molecule has 0 bridgehead atoms. The van der Waals surface area contributed by atoms with Crippen molar-refractivity contribution >= 4 is 28.2 Å². The molecule has 1 aliphatic carbocycles. The Labute approximate surface area is 158 Å². The molecule has 1 aliphatic heterocycles. The van der Waals surface area contributed by atoms with Crippen LogP contribution >= 0.6 is 11.3 Å². The van der Waals surface area contributed by atoms with Gasteiger partial charge in [-0.05, 0) is 63.1 Å². The van der Waals surface area contributed by atoms with E-state index in [0.717, 1.165) is 67.7 Å². The number of benzene rings is 1. The van der Waals surface area contributed by atoms with Crippen LogP contribution in [0, 0.1) is 6.92 Å². The highest BCUT2D eigenvalue weighted by Crippen LogP contribution is 2.39. The average molecular weight is 369 g/mol. The molecule has 0 saturated carbocycles. The van der Waals surface area contributed by atoms with Crippen LogP contribution in [0.4, 0.5) is 5.00 Å². The van der Waals surface area contributed by atoms with Crippen LogP contribution in [0.2, 0.25) is 0 Å². The number of amides is 2. The highest BCUT2D eigenvalue weighted by molar-refractivity contribution is 7.17. The van der Waals surface area contributed by atoms with Crippen LogP contribution in [-0.4, -0.2) is 29.8 Å². The third-order valence-electron chi connectivity index (χ3n) is 5.29. The van der Waals surface area contributed by atoms with Gasteiger partial charge in [0.05, 0.1) is 5.56 Å². The lowest BCUT2D eigenvalue weighted by molar-refractivity contribution is 0.0793. The lowest BCUT2D eigenvalue weighted by Gasteiger charge is -2.18. The summed E-state index contributed by atoms with van der Waals surface area (Å²) in [6.07, 6.45) is 6.39. The van der Waals surface area contributed by atoms with Crippen LogP contribution in [0.25, 0.3) is 0 Å². The van der Waals surface area contributed by atoms with Gasteiger partial charge in [0.1, 0.15) is 5.00 Å². The van der Waals surface area contributed by atoms with E-state index in [-0.39, 0.29) is 11.8 Å². The van der Waals surface area contributed by atoms with Crippen molar-refractivity contribution in [2.45, 2.75) is 45.4 Å². The molecule has 4 nitrogen and oxygen atoms in total. The molecule has 2 heterocycles. The Morgan fingerprint density at radius 3 is 2.62 bits per heavy atom. The molecule has 0 radical (unpaired) electrons. The van der Waals surface area contributed by atoms with E-state index in [2.05, 4.69) is 5.32 Å². The second-order valence-corrected chi connectivity index (χ2v) is 8.34. The van der Waals surface area contributed by atoms with Crippen LogP contribution in [0.1, 0.15) is 62.4 Å². The number of aryl methyl sites for hydroxylation is 2. The highest BCUT2D eigenvalue weighted by atomic mass is 32.1. The molecule has 0 spiro atoms. The van der Waals surface area contributed by atoms with Crippen molar-refractivity contribution < 1.29 is 9.59 Å². The Balaban J connectivity index is 1.67. The summed E-state index contributed by atoms with van der Waals surface area (Å²) in [4.78, 5) is 29.1. The van der Waals surface area contributed by atoms with E-state index in [4.69, 9.17) is 0 Å². The minimum absolute atomic E-state index is 0.0986. The van der Waals surface area contributed by atoms with Crippen LogP contribution in [0.3, 0.4) is 0 Å². The number of likely N-dealkylation sites (tertiary alicyclic amines) is 1. The zero-order chi connectivity index (χ0) is 18.1. The van der Waals surface area contributed by atoms with Crippen LogP contribution in [0.15, 0.2) is 24.3 Å². The first-order valence-corrected chi connectivity index (χ1v) is 10.3. The Morgan fingerprint density at radius 1 is 1.08 bits per heavy atom. The van der Waals surface area contributed by atoms with E-state index in [0.29, 0.717) is 5.56 Å². The van der Waals surface area contributed by atoms with Crippen LogP contribution in [0.5, 0.6) is 0 Å². The lowest BCUT2D eigenvalue weighted by atomic mass is 9.95. The number of thiophene rings is 1. The third-order valence-corrected chi connectivity index (χ3v) is 6.49. The van der Waals surface area contributed by atoms with Crippen LogP contribution in [-0.2, 0) is 12.8 Å². The number of carbonyl (C=O) groups is 2. The van der Waals surface area contributed by atoms with Gasteiger partial charge in [0.15, 0.2) is 0 Å². The number of hydrogen-bond acceptors (Lipinski definition) is 3. The average Bonchev–Trinajstić information content (AvgIpc) is 3.29. The summed E-state index contributed by atoms with van der Waals surface area (Å²) in [5.74, 6) is -0.0378. The first-order valence-electron chi connectivity index (χ1n) is 9.45. The zero-order valence-electron chi connectivity index (χ0n) is 15.1. The van der Waals surface area contributed by atoms with Gasteiger partial charge in [-0.3, -0.25) is 9.59 Å². The van der Waals surface area contributed by atoms with Crippen molar-refractivity contribution in [2.24, 2.45) is 0 Å². The predicted octanol–water partition coefficient (Wildman–Crippen LogP) is 4.42. The van der Waals surface area contributed by atoms with Gasteiger partial charge in [0.2, 0.25) is 0 Å². The number of nitrogens with one attached hydrogen (secondary N) is 1. The van der Waals surface area contributed by atoms with Gasteiger partial charge in [-0.2, -0.15) is 0 Å². The second kappa shape index (κ2) is 7.23. The van der Waals surface area contributed by atoms with Crippen molar-refractivity contribution in [1.82, 2.24) is 4.90 Å². The summed E-state index contributed by atoms with van der Waals surface area (Å²) in [5.41, 5.74) is 3.62. The number of hydrogen-bond donors (Lipinski definition) is 1. The highest BCUT2D eigenvalue weighted by Gasteiger charge is 2.30. The number of anilines is 1. The fourth-order valence-electron chi connectivity index (χ4n) is 3.92. The van der Waals surface area contributed by atoms with Crippen molar-refractivity contribution in [2.75, 3.05) is 18.4 Å². The molecule has 136 valence electrons. The van der Waals surface area contributed by atoms with Crippen molar-refractivity contribution in [3.05, 3.63) is 51.4 Å². The largest absolute Gasteiger partial charge is 0.339 e. The van der Waals surface area contributed by atoms with Gasteiger partial charge in [-0.25, -0.2) is 0 Å². The number of nitrogens with zero attached hydrogens (tertiary/aromatic N) is 1. The van der Waals surface area contributed by atoms with Gasteiger partial charge < -0.3 is 10.2 Å². The fourth-order valence-corrected chi connectivity index (χ4v) is 5.20. The maximum absolute atomic E-state index is 13.2. The molecule has 1 saturated heterocycles. The van der Waals surface area contributed by atoms with Gasteiger partial charge >= 0.3 is 0 Å². The lowest BCUT2D eigenvalue weighted by Crippen LogP contribution is -2.29. The molecule has 2 amide bonds. The molecule has 0 unspecified atom stereocenters. The molecule has 1 N–H and O–H groups in total. The summed E-state index contributed by atoms with van der Waals surface area (Å²) in [6.45, 7) is 3.63. The molecule has 5 heteroatoms. The number of rotatable bonds is 3. The standard InChI is InChI=1S/C21H24N2O2S/c1-14-7-6-8-15(13-14)19(24)22-20-18(21(25)23-11-4-5-12-23)16-9-2-3-10-17(16)26-20/h6-8,13H,2-5,9-12H2,1H3,(H,22,24). The molecular formula is C21H24N2O2S. The summed E-state index contributed by atoms with van der Waals surface area (Å²) in [6, 6.07) is 7.56. The molecule has 2 aliphatic rings. The molecule has 1 fully saturated rings. The van der Waals surface area contributed by atoms with Gasteiger partial charge in [0, 0.05) is 23.5 Å². The third kappa shape index (κ3) is 3.28. The molecule has 1 aromatic heterocycles. The Bertz CT molecular complexity index is 850. The smallest absolute Gasteiger partial charge is 0.257 e. The minimum atomic E-state index is -0.136.